The molecule has 3 rings (SSSR count). The number of rotatable bonds is 1. The molecule has 0 fully saturated rings. The summed E-state index contributed by atoms with van der Waals surface area (Å²) >= 11 is 5.94. The maximum atomic E-state index is 12.6. The van der Waals surface area contributed by atoms with Gasteiger partial charge in [-0.25, -0.2) is 4.98 Å². The number of pyridine rings is 1. The molecule has 2 heterocycles. The Morgan fingerprint density at radius 2 is 2.05 bits per heavy atom. The van der Waals surface area contributed by atoms with E-state index < -0.39 is 0 Å². The zero-order valence-electron chi connectivity index (χ0n) is 10.3. The predicted octanol–water partition coefficient (Wildman–Crippen LogP) is 2.33. The van der Waals surface area contributed by atoms with Crippen molar-refractivity contribution < 1.29 is 9.59 Å². The van der Waals surface area contributed by atoms with Gasteiger partial charge < -0.3 is 5.32 Å². The van der Waals surface area contributed by atoms with Gasteiger partial charge in [0.25, 0.3) is 5.91 Å². The number of nitrogens with one attached hydrogen (secondary N) is 1. The lowest BCUT2D eigenvalue weighted by molar-refractivity contribution is -0.115. The van der Waals surface area contributed by atoms with Gasteiger partial charge in [0.05, 0.1) is 16.9 Å². The van der Waals surface area contributed by atoms with Crippen molar-refractivity contribution in [3.63, 3.8) is 0 Å². The van der Waals surface area contributed by atoms with Gasteiger partial charge in [-0.1, -0.05) is 23.7 Å². The number of para-hydroxylation sites is 2. The molecule has 0 spiro atoms. The van der Waals surface area contributed by atoms with Crippen molar-refractivity contribution in [2.75, 3.05) is 16.8 Å². The van der Waals surface area contributed by atoms with Crippen LogP contribution < -0.4 is 10.2 Å². The molecule has 20 heavy (non-hydrogen) atoms. The van der Waals surface area contributed by atoms with Gasteiger partial charge in [0.15, 0.2) is 0 Å². The predicted molar refractivity (Wildman–Crippen MR) is 76.0 cm³/mol. The highest BCUT2D eigenvalue weighted by Gasteiger charge is 2.28. The van der Waals surface area contributed by atoms with Gasteiger partial charge >= 0.3 is 0 Å². The van der Waals surface area contributed by atoms with Crippen molar-refractivity contribution in [2.24, 2.45) is 0 Å². The van der Waals surface area contributed by atoms with Crippen molar-refractivity contribution in [1.82, 2.24) is 4.98 Å². The maximum Gasteiger partial charge on any atom is 0.261 e. The molecule has 6 heteroatoms. The van der Waals surface area contributed by atoms with E-state index in [2.05, 4.69) is 10.3 Å². The summed E-state index contributed by atoms with van der Waals surface area (Å²) in [6.45, 7) is -0.0406. The van der Waals surface area contributed by atoms with E-state index in [1.54, 1.807) is 36.4 Å². The lowest BCUT2D eigenvalue weighted by Gasteiger charge is -2.29. The van der Waals surface area contributed by atoms with Crippen LogP contribution >= 0.6 is 11.6 Å². The molecule has 2 amide bonds. The van der Waals surface area contributed by atoms with E-state index in [1.165, 1.54) is 11.1 Å². The first-order chi connectivity index (χ1) is 9.66. The zero-order valence-corrected chi connectivity index (χ0v) is 11.1. The monoisotopic (exact) mass is 287 g/mol. The Morgan fingerprint density at radius 3 is 2.85 bits per heavy atom. The summed E-state index contributed by atoms with van der Waals surface area (Å²) < 4.78 is 0. The van der Waals surface area contributed by atoms with Crippen LogP contribution in [0.15, 0.2) is 42.6 Å². The van der Waals surface area contributed by atoms with Crippen LogP contribution in [-0.4, -0.2) is 23.3 Å². The second-order valence-electron chi connectivity index (χ2n) is 4.30. The van der Waals surface area contributed by atoms with Gasteiger partial charge in [0, 0.05) is 6.20 Å². The molecule has 5 nitrogen and oxygen atoms in total. The van der Waals surface area contributed by atoms with E-state index in [0.29, 0.717) is 11.4 Å². The molecular weight excluding hydrogens is 278 g/mol. The van der Waals surface area contributed by atoms with E-state index in [0.717, 1.165) is 0 Å². The molecule has 0 atom stereocenters. The summed E-state index contributed by atoms with van der Waals surface area (Å²) in [5.74, 6) is -0.581. The Hall–Kier alpha value is -2.40. The van der Waals surface area contributed by atoms with Crippen LogP contribution in [0.25, 0.3) is 0 Å². The largest absolute Gasteiger partial charge is 0.323 e. The summed E-state index contributed by atoms with van der Waals surface area (Å²) in [5, 5.41) is 2.86. The Kier molecular flexibility index (Phi) is 3.12. The Balaban J connectivity index is 2.05. The number of carbonyl (C=O) groups excluding carboxylic acids is 2. The van der Waals surface area contributed by atoms with Crippen molar-refractivity contribution in [3.8, 4) is 0 Å². The zero-order chi connectivity index (χ0) is 14.1. The van der Waals surface area contributed by atoms with Crippen LogP contribution in [0, 0.1) is 0 Å². The van der Waals surface area contributed by atoms with Gasteiger partial charge in [-0.2, -0.15) is 0 Å². The number of anilines is 2. The Labute approximate surface area is 120 Å². The van der Waals surface area contributed by atoms with Crippen molar-refractivity contribution in [3.05, 3.63) is 53.3 Å². The second-order valence-corrected chi connectivity index (χ2v) is 4.66. The molecule has 100 valence electrons. The smallest absolute Gasteiger partial charge is 0.261 e. The lowest BCUT2D eigenvalue weighted by atomic mass is 10.1. The minimum Gasteiger partial charge on any atom is -0.323 e. The fraction of sp³-hybridized carbons (Fsp3) is 0.0714. The summed E-state index contributed by atoms with van der Waals surface area (Å²) in [6.07, 6.45) is 1.51. The number of aromatic nitrogens is 1. The van der Waals surface area contributed by atoms with Crippen molar-refractivity contribution in [1.29, 1.82) is 0 Å². The fourth-order valence-electron chi connectivity index (χ4n) is 2.11. The highest BCUT2D eigenvalue weighted by molar-refractivity contribution is 6.33. The van der Waals surface area contributed by atoms with Gasteiger partial charge in [-0.3, -0.25) is 14.5 Å². The van der Waals surface area contributed by atoms with Crippen LogP contribution in [-0.2, 0) is 4.79 Å². The summed E-state index contributed by atoms with van der Waals surface area (Å²) in [6, 6.07) is 10.3. The van der Waals surface area contributed by atoms with Crippen LogP contribution in [0.3, 0.4) is 0 Å². The van der Waals surface area contributed by atoms with E-state index in [4.69, 9.17) is 11.6 Å². The molecule has 0 saturated carbocycles. The number of nitrogens with zero attached hydrogens (tertiary/aromatic N) is 2. The lowest BCUT2D eigenvalue weighted by Crippen LogP contribution is -2.42. The van der Waals surface area contributed by atoms with E-state index in [9.17, 15) is 9.59 Å². The summed E-state index contributed by atoms with van der Waals surface area (Å²) in [5.41, 5.74) is 1.54. The molecule has 0 aliphatic carbocycles. The molecule has 0 bridgehead atoms. The Bertz CT molecular complexity index is 702. The molecule has 2 aromatic rings. The number of halogens is 1. The number of benzene rings is 1. The van der Waals surface area contributed by atoms with E-state index in [1.807, 2.05) is 0 Å². The van der Waals surface area contributed by atoms with E-state index >= 15 is 0 Å². The summed E-state index contributed by atoms with van der Waals surface area (Å²) in [4.78, 5) is 29.5. The highest BCUT2D eigenvalue weighted by Crippen LogP contribution is 2.30. The van der Waals surface area contributed by atoms with E-state index in [-0.39, 0.29) is 29.1 Å². The molecule has 1 aromatic carbocycles. The SMILES string of the molecule is O=C1CN(C(=O)c2cccnc2Cl)c2ccccc2N1. The number of carbonyl (C=O) groups is 2. The quantitative estimate of drug-likeness (QED) is 0.819. The van der Waals surface area contributed by atoms with Crippen molar-refractivity contribution in [2.45, 2.75) is 0 Å². The molecule has 0 unspecified atom stereocenters. The maximum absolute atomic E-state index is 12.6. The molecule has 1 aliphatic rings. The minimum absolute atomic E-state index is 0.0406. The second kappa shape index (κ2) is 4.94. The van der Waals surface area contributed by atoms with Gasteiger partial charge in [-0.15, -0.1) is 0 Å². The third kappa shape index (κ3) is 2.12. The molecule has 0 radical (unpaired) electrons. The first-order valence-electron chi connectivity index (χ1n) is 5.98. The summed E-state index contributed by atoms with van der Waals surface area (Å²) in [7, 11) is 0. The number of hydrogen-bond acceptors (Lipinski definition) is 3. The minimum atomic E-state index is -0.342. The van der Waals surface area contributed by atoms with Crippen LogP contribution in [0.4, 0.5) is 11.4 Å². The molecule has 0 saturated heterocycles. The standard InChI is InChI=1S/C14H10ClN3O2/c15-13-9(4-3-7-16-13)14(20)18-8-12(19)17-10-5-1-2-6-11(10)18/h1-7H,8H2,(H,17,19). The highest BCUT2D eigenvalue weighted by atomic mass is 35.5. The first-order valence-corrected chi connectivity index (χ1v) is 6.36. The first kappa shape index (κ1) is 12.6. The fourth-order valence-corrected chi connectivity index (χ4v) is 2.31. The van der Waals surface area contributed by atoms with Gasteiger partial charge in [0.1, 0.15) is 11.7 Å². The average Bonchev–Trinajstić information content (AvgIpc) is 2.46. The number of fused-ring (bicyclic) bond motifs is 1. The van der Waals surface area contributed by atoms with Crippen LogP contribution in [0.5, 0.6) is 0 Å². The molecule has 1 aliphatic heterocycles. The van der Waals surface area contributed by atoms with Crippen molar-refractivity contribution >= 4 is 34.8 Å². The normalized spacial score (nSPS) is 13.7. The molecule has 1 N–H and O–H groups in total. The topological polar surface area (TPSA) is 62.3 Å². The number of amides is 2. The van der Waals surface area contributed by atoms with Crippen LogP contribution in [0.1, 0.15) is 10.4 Å². The molecular formula is C14H10ClN3O2. The molecule has 1 aromatic heterocycles. The van der Waals surface area contributed by atoms with Crippen LogP contribution in [0.2, 0.25) is 5.15 Å². The van der Waals surface area contributed by atoms with Gasteiger partial charge in [0.2, 0.25) is 5.91 Å². The third-order valence-electron chi connectivity index (χ3n) is 3.01. The third-order valence-corrected chi connectivity index (χ3v) is 3.31. The number of hydrogen-bond donors (Lipinski definition) is 1. The Morgan fingerprint density at radius 1 is 1.25 bits per heavy atom. The average molecular weight is 288 g/mol. The van der Waals surface area contributed by atoms with Gasteiger partial charge in [-0.05, 0) is 24.3 Å².